The molecule has 0 saturated heterocycles. The highest BCUT2D eigenvalue weighted by Gasteiger charge is 2.13. The number of nitro benzene ring substituents is 1. The summed E-state index contributed by atoms with van der Waals surface area (Å²) in [5.41, 5.74) is 3.39. The number of nitrogens with one attached hydrogen (secondary N) is 1. The van der Waals surface area contributed by atoms with Crippen molar-refractivity contribution in [2.24, 2.45) is 0 Å². The molecule has 6 nitrogen and oxygen atoms in total. The minimum atomic E-state index is -0.404. The fourth-order valence-electron chi connectivity index (χ4n) is 2.06. The molecule has 1 N–H and O–H groups in total. The van der Waals surface area contributed by atoms with Crippen molar-refractivity contribution in [3.8, 4) is 11.4 Å². The summed E-state index contributed by atoms with van der Waals surface area (Å²) < 4.78 is 0. The van der Waals surface area contributed by atoms with Crippen LogP contribution in [0.5, 0.6) is 0 Å². The van der Waals surface area contributed by atoms with Gasteiger partial charge in [0.15, 0.2) is 5.82 Å². The zero-order valence-corrected chi connectivity index (χ0v) is 12.4. The topological polar surface area (TPSA) is 81.0 Å². The Labute approximate surface area is 123 Å². The molecule has 0 bridgehead atoms. The maximum Gasteiger partial charge on any atom is 0.270 e. The number of non-ortho nitro benzene ring substituents is 1. The second-order valence-corrected chi connectivity index (χ2v) is 4.86. The lowest BCUT2D eigenvalue weighted by molar-refractivity contribution is -0.384. The molecular weight excluding hydrogens is 268 g/mol. The van der Waals surface area contributed by atoms with Gasteiger partial charge in [-0.3, -0.25) is 10.1 Å². The van der Waals surface area contributed by atoms with E-state index in [0.29, 0.717) is 17.9 Å². The first-order chi connectivity index (χ1) is 10.0. The highest BCUT2D eigenvalue weighted by molar-refractivity contribution is 5.63. The fraction of sp³-hybridized carbons (Fsp3) is 0.333. The number of benzene rings is 1. The lowest BCUT2D eigenvalue weighted by atomic mass is 10.1. The summed E-state index contributed by atoms with van der Waals surface area (Å²) in [6.45, 7) is 7.33. The Hall–Kier alpha value is -2.34. The van der Waals surface area contributed by atoms with Crippen LogP contribution < -0.4 is 5.32 Å². The van der Waals surface area contributed by atoms with E-state index in [2.05, 4.69) is 15.3 Å². The third-order valence-electron chi connectivity index (χ3n) is 3.14. The molecule has 21 heavy (non-hydrogen) atoms. The predicted molar refractivity (Wildman–Crippen MR) is 81.0 cm³/mol. The molecule has 110 valence electrons. The molecule has 0 aliphatic heterocycles. The monoisotopic (exact) mass is 286 g/mol. The first-order valence-electron chi connectivity index (χ1n) is 6.82. The normalized spacial score (nSPS) is 10.6. The van der Waals surface area contributed by atoms with E-state index in [9.17, 15) is 10.1 Å². The number of aromatic nitrogens is 2. The summed E-state index contributed by atoms with van der Waals surface area (Å²) in [7, 11) is 0. The van der Waals surface area contributed by atoms with E-state index < -0.39 is 4.92 Å². The van der Waals surface area contributed by atoms with Gasteiger partial charge >= 0.3 is 0 Å². The molecule has 2 rings (SSSR count). The summed E-state index contributed by atoms with van der Waals surface area (Å²) in [6, 6.07) is 6.66. The molecule has 0 radical (unpaired) electrons. The van der Waals surface area contributed by atoms with Gasteiger partial charge in [0, 0.05) is 29.9 Å². The maximum atomic E-state index is 10.9. The summed E-state index contributed by atoms with van der Waals surface area (Å²) >= 11 is 0. The molecule has 0 saturated carbocycles. The quantitative estimate of drug-likeness (QED) is 0.675. The van der Waals surface area contributed by atoms with Gasteiger partial charge in [-0.25, -0.2) is 9.97 Å². The average molecular weight is 286 g/mol. The smallest absolute Gasteiger partial charge is 0.270 e. The highest BCUT2D eigenvalue weighted by atomic mass is 16.6. The molecular formula is C15H18N4O2. The van der Waals surface area contributed by atoms with E-state index in [-0.39, 0.29) is 5.69 Å². The second kappa shape index (κ2) is 6.41. The Kier molecular flexibility index (Phi) is 4.59. The van der Waals surface area contributed by atoms with Crippen molar-refractivity contribution in [2.45, 2.75) is 27.3 Å². The van der Waals surface area contributed by atoms with E-state index in [0.717, 1.165) is 23.5 Å². The van der Waals surface area contributed by atoms with Crippen LogP contribution in [0.1, 0.15) is 23.9 Å². The van der Waals surface area contributed by atoms with Gasteiger partial charge in [-0.2, -0.15) is 0 Å². The van der Waals surface area contributed by atoms with Crippen LogP contribution in [0.2, 0.25) is 0 Å². The molecule has 1 aromatic carbocycles. The number of hydrogen-bond donors (Lipinski definition) is 1. The van der Waals surface area contributed by atoms with E-state index in [1.54, 1.807) is 6.07 Å². The number of nitrogens with zero attached hydrogens (tertiary/aromatic N) is 3. The fourth-order valence-corrected chi connectivity index (χ4v) is 2.06. The summed E-state index contributed by atoms with van der Waals surface area (Å²) in [5, 5.41) is 14.1. The van der Waals surface area contributed by atoms with Crippen LogP contribution in [0.15, 0.2) is 24.3 Å². The molecule has 0 aliphatic carbocycles. The van der Waals surface area contributed by atoms with Gasteiger partial charge in [0.2, 0.25) is 0 Å². The Morgan fingerprint density at radius 3 is 2.67 bits per heavy atom. The van der Waals surface area contributed by atoms with Gasteiger partial charge in [0.1, 0.15) is 0 Å². The van der Waals surface area contributed by atoms with Crippen LogP contribution in [0, 0.1) is 24.0 Å². The molecule has 0 aliphatic rings. The summed E-state index contributed by atoms with van der Waals surface area (Å²) in [5.74, 6) is 0.532. The first kappa shape index (κ1) is 15.1. The van der Waals surface area contributed by atoms with Gasteiger partial charge in [-0.15, -0.1) is 0 Å². The van der Waals surface area contributed by atoms with Crippen molar-refractivity contribution < 1.29 is 4.92 Å². The van der Waals surface area contributed by atoms with E-state index in [1.165, 1.54) is 12.1 Å². The van der Waals surface area contributed by atoms with Crippen molar-refractivity contribution in [1.82, 2.24) is 15.3 Å². The van der Waals surface area contributed by atoms with Crippen molar-refractivity contribution in [2.75, 3.05) is 6.54 Å². The maximum absolute atomic E-state index is 10.9. The van der Waals surface area contributed by atoms with E-state index >= 15 is 0 Å². The zero-order valence-electron chi connectivity index (χ0n) is 12.4. The van der Waals surface area contributed by atoms with Gasteiger partial charge in [0.25, 0.3) is 5.69 Å². The Balaban J connectivity index is 2.48. The molecule has 2 aromatic rings. The average Bonchev–Trinajstić information content (AvgIpc) is 2.44. The van der Waals surface area contributed by atoms with Crippen molar-refractivity contribution >= 4 is 5.69 Å². The van der Waals surface area contributed by atoms with Crippen LogP contribution in [-0.4, -0.2) is 21.4 Å². The third kappa shape index (κ3) is 3.61. The number of aryl methyl sites for hydroxylation is 2. The lowest BCUT2D eigenvalue weighted by Crippen LogP contribution is -2.14. The lowest BCUT2D eigenvalue weighted by Gasteiger charge is -2.08. The van der Waals surface area contributed by atoms with Crippen LogP contribution >= 0.6 is 0 Å². The number of rotatable bonds is 5. The van der Waals surface area contributed by atoms with Crippen LogP contribution in [-0.2, 0) is 6.54 Å². The molecule has 0 amide bonds. The molecule has 0 fully saturated rings. The standard InChI is InChI=1S/C15H18N4O2/c1-4-16-9-12-7-11(3)17-15(18-12)14-8-13(19(20)21)6-5-10(14)2/h5-8,16H,4,9H2,1-3H3. The van der Waals surface area contributed by atoms with Crippen molar-refractivity contribution in [3.63, 3.8) is 0 Å². The molecule has 1 heterocycles. The van der Waals surface area contributed by atoms with Gasteiger partial charge in [-0.1, -0.05) is 13.0 Å². The summed E-state index contributed by atoms with van der Waals surface area (Å²) in [4.78, 5) is 19.4. The largest absolute Gasteiger partial charge is 0.311 e. The molecule has 1 aromatic heterocycles. The molecule has 0 atom stereocenters. The second-order valence-electron chi connectivity index (χ2n) is 4.86. The molecule has 0 unspecified atom stereocenters. The van der Waals surface area contributed by atoms with Crippen LogP contribution in [0.4, 0.5) is 5.69 Å². The van der Waals surface area contributed by atoms with Crippen molar-refractivity contribution in [1.29, 1.82) is 0 Å². The number of nitro groups is 1. The van der Waals surface area contributed by atoms with E-state index in [1.807, 2.05) is 26.8 Å². The van der Waals surface area contributed by atoms with E-state index in [4.69, 9.17) is 0 Å². The molecule has 0 spiro atoms. The predicted octanol–water partition coefficient (Wildman–Crippen LogP) is 2.78. The first-order valence-corrected chi connectivity index (χ1v) is 6.82. The zero-order chi connectivity index (χ0) is 15.4. The van der Waals surface area contributed by atoms with Crippen molar-refractivity contribution in [3.05, 3.63) is 51.3 Å². The number of hydrogen-bond acceptors (Lipinski definition) is 5. The minimum Gasteiger partial charge on any atom is -0.311 e. The van der Waals surface area contributed by atoms with Gasteiger partial charge < -0.3 is 5.32 Å². The highest BCUT2D eigenvalue weighted by Crippen LogP contribution is 2.25. The van der Waals surface area contributed by atoms with Crippen LogP contribution in [0.3, 0.4) is 0 Å². The van der Waals surface area contributed by atoms with Crippen LogP contribution in [0.25, 0.3) is 11.4 Å². The summed E-state index contributed by atoms with van der Waals surface area (Å²) in [6.07, 6.45) is 0. The minimum absolute atomic E-state index is 0.0499. The Bertz CT molecular complexity index is 671. The Morgan fingerprint density at radius 2 is 2.00 bits per heavy atom. The Morgan fingerprint density at radius 1 is 1.24 bits per heavy atom. The third-order valence-corrected chi connectivity index (χ3v) is 3.14. The van der Waals surface area contributed by atoms with Gasteiger partial charge in [-0.05, 0) is 32.0 Å². The molecule has 6 heteroatoms. The van der Waals surface area contributed by atoms with Gasteiger partial charge in [0.05, 0.1) is 10.6 Å². The SMILES string of the molecule is CCNCc1cc(C)nc(-c2cc([N+](=O)[O-])ccc2C)n1.